The second kappa shape index (κ2) is 7.29. The molecule has 7 heteroatoms. The Hall–Kier alpha value is -2.67. The maximum absolute atomic E-state index is 11.9. The van der Waals surface area contributed by atoms with Gasteiger partial charge in [-0.05, 0) is 36.2 Å². The molecule has 0 amide bonds. The van der Waals surface area contributed by atoms with E-state index in [4.69, 9.17) is 4.74 Å². The molecule has 1 saturated heterocycles. The summed E-state index contributed by atoms with van der Waals surface area (Å²) < 4.78 is 7.07. The van der Waals surface area contributed by atoms with Gasteiger partial charge in [0.2, 0.25) is 0 Å². The Bertz CT molecular complexity index is 909. The van der Waals surface area contributed by atoms with Gasteiger partial charge in [0.25, 0.3) is 0 Å². The van der Waals surface area contributed by atoms with Crippen molar-refractivity contribution in [2.24, 2.45) is 0 Å². The van der Waals surface area contributed by atoms with Gasteiger partial charge in [0.15, 0.2) is 11.0 Å². The zero-order valence-electron chi connectivity index (χ0n) is 14.3. The van der Waals surface area contributed by atoms with Crippen molar-refractivity contribution in [2.75, 3.05) is 6.61 Å². The van der Waals surface area contributed by atoms with Gasteiger partial charge in [0.05, 0.1) is 6.61 Å². The van der Waals surface area contributed by atoms with Gasteiger partial charge < -0.3 is 4.74 Å². The molecule has 0 N–H and O–H groups in total. The van der Waals surface area contributed by atoms with Crippen LogP contribution in [0.3, 0.4) is 0 Å². The third-order valence-corrected chi connectivity index (χ3v) is 5.50. The lowest BCUT2D eigenvalue weighted by molar-refractivity contribution is -0.137. The highest BCUT2D eigenvalue weighted by molar-refractivity contribution is 8.00. The van der Waals surface area contributed by atoms with Gasteiger partial charge in [-0.25, -0.2) is 0 Å². The fraction of sp³-hybridized carbons (Fsp3) is 0.263. The second-order valence-electron chi connectivity index (χ2n) is 5.96. The minimum atomic E-state index is -0.238. The van der Waals surface area contributed by atoms with Crippen LogP contribution in [0.4, 0.5) is 0 Å². The number of aromatic nitrogens is 4. The summed E-state index contributed by atoms with van der Waals surface area (Å²) in [5.41, 5.74) is 3.15. The molecule has 1 aliphatic rings. The molecule has 4 rings (SSSR count). The lowest BCUT2D eigenvalue weighted by Crippen LogP contribution is -2.11. The summed E-state index contributed by atoms with van der Waals surface area (Å²) in [7, 11) is 0. The SMILES string of the molecule is CCc1ccc(-n2c(SC3CCOC3=O)nnc2-c2ccncc2)cc1. The number of cyclic esters (lactones) is 1. The summed E-state index contributed by atoms with van der Waals surface area (Å²) >= 11 is 1.41. The normalized spacial score (nSPS) is 16.7. The molecule has 1 aromatic carbocycles. The third kappa shape index (κ3) is 3.22. The Kier molecular flexibility index (Phi) is 4.71. The number of thioether (sulfide) groups is 1. The molecule has 0 bridgehead atoms. The fourth-order valence-corrected chi connectivity index (χ4v) is 3.88. The van der Waals surface area contributed by atoms with Crippen LogP contribution in [0.25, 0.3) is 17.1 Å². The number of benzene rings is 1. The van der Waals surface area contributed by atoms with Crippen molar-refractivity contribution in [1.29, 1.82) is 0 Å². The topological polar surface area (TPSA) is 69.9 Å². The van der Waals surface area contributed by atoms with Gasteiger partial charge in [0.1, 0.15) is 5.25 Å². The first kappa shape index (κ1) is 16.8. The summed E-state index contributed by atoms with van der Waals surface area (Å²) in [6.45, 7) is 2.59. The Morgan fingerprint density at radius 2 is 1.92 bits per heavy atom. The monoisotopic (exact) mass is 366 g/mol. The Labute approximate surface area is 155 Å². The summed E-state index contributed by atoms with van der Waals surface area (Å²) in [6.07, 6.45) is 5.14. The van der Waals surface area contributed by atoms with Crippen molar-refractivity contribution >= 4 is 17.7 Å². The highest BCUT2D eigenvalue weighted by Crippen LogP contribution is 2.33. The Morgan fingerprint density at radius 3 is 2.58 bits per heavy atom. The van der Waals surface area contributed by atoms with E-state index >= 15 is 0 Å². The van der Waals surface area contributed by atoms with Crippen LogP contribution in [0, 0.1) is 0 Å². The number of nitrogens with zero attached hydrogens (tertiary/aromatic N) is 4. The Morgan fingerprint density at radius 1 is 1.15 bits per heavy atom. The number of pyridine rings is 1. The number of ether oxygens (including phenoxy) is 1. The minimum Gasteiger partial charge on any atom is -0.465 e. The van der Waals surface area contributed by atoms with E-state index < -0.39 is 0 Å². The average Bonchev–Trinajstić information content (AvgIpc) is 3.29. The van der Waals surface area contributed by atoms with Gasteiger partial charge in [0, 0.05) is 30.1 Å². The number of aryl methyl sites for hydroxylation is 1. The van der Waals surface area contributed by atoms with Crippen molar-refractivity contribution in [2.45, 2.75) is 30.2 Å². The number of carbonyl (C=O) groups is 1. The van der Waals surface area contributed by atoms with E-state index in [1.807, 2.05) is 16.7 Å². The first-order valence-corrected chi connectivity index (χ1v) is 9.42. The summed E-state index contributed by atoms with van der Waals surface area (Å²) in [6, 6.07) is 12.1. The predicted octanol–water partition coefficient (Wildman–Crippen LogP) is 3.30. The summed E-state index contributed by atoms with van der Waals surface area (Å²) in [5, 5.41) is 9.19. The van der Waals surface area contributed by atoms with Gasteiger partial charge >= 0.3 is 5.97 Å². The molecule has 3 heterocycles. The Balaban J connectivity index is 1.78. The highest BCUT2D eigenvalue weighted by atomic mass is 32.2. The zero-order valence-corrected chi connectivity index (χ0v) is 15.1. The van der Waals surface area contributed by atoms with Crippen LogP contribution in [0.1, 0.15) is 18.9 Å². The quantitative estimate of drug-likeness (QED) is 0.645. The van der Waals surface area contributed by atoms with E-state index in [1.54, 1.807) is 12.4 Å². The third-order valence-electron chi connectivity index (χ3n) is 4.31. The van der Waals surface area contributed by atoms with Crippen LogP contribution < -0.4 is 0 Å². The van der Waals surface area contributed by atoms with E-state index in [9.17, 15) is 4.79 Å². The second-order valence-corrected chi connectivity index (χ2v) is 7.13. The molecule has 0 spiro atoms. The molecule has 1 unspecified atom stereocenters. The van der Waals surface area contributed by atoms with E-state index in [-0.39, 0.29) is 11.2 Å². The molecule has 2 aromatic heterocycles. The lowest BCUT2D eigenvalue weighted by atomic mass is 10.1. The van der Waals surface area contributed by atoms with Crippen molar-refractivity contribution in [1.82, 2.24) is 19.7 Å². The maximum Gasteiger partial charge on any atom is 0.319 e. The first-order valence-electron chi connectivity index (χ1n) is 8.54. The first-order chi connectivity index (χ1) is 12.8. The van der Waals surface area contributed by atoms with Crippen LogP contribution in [-0.2, 0) is 16.0 Å². The molecule has 6 nitrogen and oxygen atoms in total. The molecule has 1 aliphatic heterocycles. The van der Waals surface area contributed by atoms with Crippen LogP contribution in [0.15, 0.2) is 53.9 Å². The maximum atomic E-state index is 11.9. The summed E-state index contributed by atoms with van der Waals surface area (Å²) in [5.74, 6) is 0.543. The van der Waals surface area contributed by atoms with Gasteiger partial charge in [-0.2, -0.15) is 0 Å². The van der Waals surface area contributed by atoms with Crippen molar-refractivity contribution < 1.29 is 9.53 Å². The largest absolute Gasteiger partial charge is 0.465 e. The van der Waals surface area contributed by atoms with E-state index in [1.165, 1.54) is 17.3 Å². The molecule has 0 radical (unpaired) electrons. The zero-order chi connectivity index (χ0) is 17.9. The summed E-state index contributed by atoms with van der Waals surface area (Å²) in [4.78, 5) is 16.0. The number of esters is 1. The van der Waals surface area contributed by atoms with Gasteiger partial charge in [-0.1, -0.05) is 30.8 Å². The molecule has 132 valence electrons. The van der Waals surface area contributed by atoms with Gasteiger partial charge in [-0.3, -0.25) is 14.3 Å². The molecule has 0 saturated carbocycles. The van der Waals surface area contributed by atoms with E-state index in [0.29, 0.717) is 18.2 Å². The lowest BCUT2D eigenvalue weighted by Gasteiger charge is -2.12. The van der Waals surface area contributed by atoms with Crippen molar-refractivity contribution in [3.63, 3.8) is 0 Å². The highest BCUT2D eigenvalue weighted by Gasteiger charge is 2.30. The van der Waals surface area contributed by atoms with Crippen molar-refractivity contribution in [3.8, 4) is 17.1 Å². The van der Waals surface area contributed by atoms with Crippen LogP contribution in [0.2, 0.25) is 0 Å². The fourth-order valence-electron chi connectivity index (χ4n) is 2.86. The van der Waals surface area contributed by atoms with Crippen LogP contribution in [0.5, 0.6) is 0 Å². The number of hydrogen-bond donors (Lipinski definition) is 0. The number of hydrogen-bond acceptors (Lipinski definition) is 6. The smallest absolute Gasteiger partial charge is 0.319 e. The molecular weight excluding hydrogens is 348 g/mol. The molecule has 1 atom stereocenters. The van der Waals surface area contributed by atoms with Gasteiger partial charge in [-0.15, -0.1) is 10.2 Å². The van der Waals surface area contributed by atoms with Crippen LogP contribution >= 0.6 is 11.8 Å². The molecular formula is C19H18N4O2S. The van der Waals surface area contributed by atoms with E-state index in [0.717, 1.165) is 23.5 Å². The standard InChI is InChI=1S/C19H18N4O2S/c1-2-13-3-5-15(6-4-13)23-17(14-7-10-20-11-8-14)21-22-19(23)26-16-9-12-25-18(16)24/h3-8,10-11,16H,2,9,12H2,1H3. The predicted molar refractivity (Wildman–Crippen MR) is 99.2 cm³/mol. The number of rotatable bonds is 5. The molecule has 3 aromatic rings. The molecule has 26 heavy (non-hydrogen) atoms. The molecule has 0 aliphatic carbocycles. The average molecular weight is 366 g/mol. The van der Waals surface area contributed by atoms with Crippen molar-refractivity contribution in [3.05, 3.63) is 54.4 Å². The van der Waals surface area contributed by atoms with Crippen LogP contribution in [-0.4, -0.2) is 37.6 Å². The minimum absolute atomic E-state index is 0.184. The number of carbonyl (C=O) groups excluding carboxylic acids is 1. The molecule has 1 fully saturated rings. The van der Waals surface area contributed by atoms with E-state index in [2.05, 4.69) is 46.4 Å².